The fourth-order valence-electron chi connectivity index (χ4n) is 4.07. The van der Waals surface area contributed by atoms with Crippen LogP contribution in [0.5, 0.6) is 0 Å². The lowest BCUT2D eigenvalue weighted by molar-refractivity contribution is -0.0543. The highest BCUT2D eigenvalue weighted by molar-refractivity contribution is 7.99. The van der Waals surface area contributed by atoms with Gasteiger partial charge in [-0.3, -0.25) is 0 Å². The number of ether oxygens (including phenoxy) is 2. The number of thioether (sulfide) groups is 1. The summed E-state index contributed by atoms with van der Waals surface area (Å²) in [4.78, 5) is 28.5. The molecule has 0 unspecified atom stereocenters. The molecule has 2 aliphatic rings. The summed E-state index contributed by atoms with van der Waals surface area (Å²) in [6.45, 7) is 14.3. The minimum absolute atomic E-state index is 0.147. The number of rotatable bonds is 5. The van der Waals surface area contributed by atoms with Gasteiger partial charge in [0.25, 0.3) is 0 Å². The van der Waals surface area contributed by atoms with Crippen molar-refractivity contribution in [3.63, 3.8) is 0 Å². The Labute approximate surface area is 192 Å². The second-order valence-corrected chi connectivity index (χ2v) is 11.2. The van der Waals surface area contributed by atoms with E-state index in [4.69, 9.17) is 19.4 Å². The lowest BCUT2D eigenvalue weighted by Crippen LogP contribution is -2.49. The molecular weight excluding hydrogens is 432 g/mol. The average molecular weight is 465 g/mol. The summed E-state index contributed by atoms with van der Waals surface area (Å²) in [5.74, 6) is 1.01. The summed E-state index contributed by atoms with van der Waals surface area (Å²) in [5.41, 5.74) is 1.20. The molecule has 1 saturated heterocycles. The second kappa shape index (κ2) is 9.11. The highest BCUT2D eigenvalue weighted by Gasteiger charge is 2.34. The zero-order chi connectivity index (χ0) is 22.2. The first-order chi connectivity index (χ1) is 14.8. The molecule has 0 radical (unpaired) electrons. The summed E-state index contributed by atoms with van der Waals surface area (Å²) in [6.07, 6.45) is 1.63. The van der Waals surface area contributed by atoms with Gasteiger partial charge < -0.3 is 19.3 Å². The third-order valence-corrected chi connectivity index (χ3v) is 7.96. The summed E-state index contributed by atoms with van der Waals surface area (Å²) in [5, 5.41) is 2.41. The summed E-state index contributed by atoms with van der Waals surface area (Å²) < 4.78 is 11.4. The summed E-state index contributed by atoms with van der Waals surface area (Å²) in [7, 11) is 0. The molecule has 0 saturated carbocycles. The molecule has 0 N–H and O–H groups in total. The maximum Gasteiger partial charge on any atom is 0.409 e. The molecule has 0 bridgehead atoms. The molecule has 2 aromatic heterocycles. The van der Waals surface area contributed by atoms with Crippen LogP contribution < -0.4 is 4.90 Å². The molecule has 2 aliphatic heterocycles. The third kappa shape index (κ3) is 4.64. The normalized spacial score (nSPS) is 21.6. The third-order valence-electron chi connectivity index (χ3n) is 5.99. The van der Waals surface area contributed by atoms with Crippen LogP contribution in [0.25, 0.3) is 10.2 Å². The van der Waals surface area contributed by atoms with Crippen molar-refractivity contribution in [2.45, 2.75) is 70.1 Å². The number of hydrogen-bond donors (Lipinski definition) is 0. The highest BCUT2D eigenvalue weighted by Crippen LogP contribution is 2.43. The van der Waals surface area contributed by atoms with Gasteiger partial charge in [0.05, 0.1) is 24.2 Å². The number of anilines is 1. The molecule has 0 spiro atoms. The van der Waals surface area contributed by atoms with Gasteiger partial charge in [0.2, 0.25) is 0 Å². The molecule has 170 valence electrons. The number of nitrogens with zero attached hydrogens (tertiary/aromatic N) is 4. The van der Waals surface area contributed by atoms with Crippen molar-refractivity contribution in [1.82, 2.24) is 14.9 Å². The van der Waals surface area contributed by atoms with Crippen molar-refractivity contribution in [3.05, 3.63) is 10.4 Å². The molecule has 1 amide bonds. The minimum Gasteiger partial charge on any atom is -0.450 e. The molecule has 9 heteroatoms. The van der Waals surface area contributed by atoms with E-state index in [1.54, 1.807) is 28.0 Å². The summed E-state index contributed by atoms with van der Waals surface area (Å²) >= 11 is 3.44. The lowest BCUT2D eigenvalue weighted by Gasteiger charge is -2.36. The van der Waals surface area contributed by atoms with Crippen molar-refractivity contribution in [2.24, 2.45) is 0 Å². The van der Waals surface area contributed by atoms with E-state index in [9.17, 15) is 4.79 Å². The molecule has 1 fully saturated rings. The number of carbonyl (C=O) groups excluding carboxylic acids is 1. The number of aromatic nitrogens is 2. The maximum absolute atomic E-state index is 12.1. The Morgan fingerprint density at radius 1 is 1.26 bits per heavy atom. The van der Waals surface area contributed by atoms with Crippen LogP contribution in [-0.2, 0) is 22.5 Å². The molecule has 2 aromatic rings. The van der Waals surface area contributed by atoms with Crippen LogP contribution >= 0.6 is 23.1 Å². The first-order valence-corrected chi connectivity index (χ1v) is 12.8. The van der Waals surface area contributed by atoms with E-state index in [0.717, 1.165) is 41.7 Å². The number of thiophene rings is 1. The smallest absolute Gasteiger partial charge is 0.409 e. The minimum atomic E-state index is -0.227. The Kier molecular flexibility index (Phi) is 6.65. The Morgan fingerprint density at radius 2 is 2.00 bits per heavy atom. The quantitative estimate of drug-likeness (QED) is 0.469. The molecule has 0 aromatic carbocycles. The van der Waals surface area contributed by atoms with Crippen LogP contribution in [0.1, 0.15) is 51.5 Å². The zero-order valence-corrected chi connectivity index (χ0v) is 20.7. The van der Waals surface area contributed by atoms with Gasteiger partial charge in [-0.2, -0.15) is 0 Å². The van der Waals surface area contributed by atoms with Gasteiger partial charge in [0, 0.05) is 42.7 Å². The zero-order valence-electron chi connectivity index (χ0n) is 19.1. The standard InChI is InChI=1S/C22H32N4O3S2/c1-6-22(5)12-15-16(13-29-22)31-19-17(15)18(23-20(24-19)30-14(3)4)25-8-10-26(11-9-25)21(27)28-7-2/h14H,6-13H2,1-5H3/t22-/m0/s1. The Morgan fingerprint density at radius 3 is 2.65 bits per heavy atom. The molecule has 7 nitrogen and oxygen atoms in total. The van der Waals surface area contributed by atoms with Crippen molar-refractivity contribution < 1.29 is 14.3 Å². The maximum atomic E-state index is 12.1. The molecule has 0 aliphatic carbocycles. The van der Waals surface area contributed by atoms with Gasteiger partial charge in [0.1, 0.15) is 10.6 Å². The fourth-order valence-corrected chi connectivity index (χ4v) is 5.93. The number of hydrogen-bond acceptors (Lipinski definition) is 8. The van der Waals surface area contributed by atoms with Crippen LogP contribution in [0.2, 0.25) is 0 Å². The van der Waals surface area contributed by atoms with E-state index in [1.165, 1.54) is 15.8 Å². The van der Waals surface area contributed by atoms with Crippen LogP contribution in [0.3, 0.4) is 0 Å². The van der Waals surface area contributed by atoms with Crippen molar-refractivity contribution >= 4 is 45.2 Å². The SMILES string of the molecule is CCOC(=O)N1CCN(c2nc(SC(C)C)nc3sc4c(c23)C[C@](C)(CC)OC4)CC1. The molecule has 1 atom stereocenters. The van der Waals surface area contributed by atoms with Gasteiger partial charge in [-0.15, -0.1) is 11.3 Å². The van der Waals surface area contributed by atoms with E-state index >= 15 is 0 Å². The van der Waals surface area contributed by atoms with Crippen LogP contribution in [0.4, 0.5) is 10.6 Å². The first kappa shape index (κ1) is 22.6. The van der Waals surface area contributed by atoms with E-state index in [-0.39, 0.29) is 11.7 Å². The summed E-state index contributed by atoms with van der Waals surface area (Å²) in [6, 6.07) is 0. The van der Waals surface area contributed by atoms with Crippen LogP contribution in [-0.4, -0.2) is 64.6 Å². The fraction of sp³-hybridized carbons (Fsp3) is 0.682. The van der Waals surface area contributed by atoms with Gasteiger partial charge in [0.15, 0.2) is 5.16 Å². The van der Waals surface area contributed by atoms with E-state index in [1.807, 2.05) is 6.92 Å². The molecule has 4 rings (SSSR count). The second-order valence-electron chi connectivity index (χ2n) is 8.62. The van der Waals surface area contributed by atoms with Crippen LogP contribution in [0, 0.1) is 0 Å². The topological polar surface area (TPSA) is 67.8 Å². The van der Waals surface area contributed by atoms with Crippen LogP contribution in [0.15, 0.2) is 5.16 Å². The Balaban J connectivity index is 1.71. The molecule has 31 heavy (non-hydrogen) atoms. The number of fused-ring (bicyclic) bond motifs is 3. The predicted molar refractivity (Wildman–Crippen MR) is 126 cm³/mol. The van der Waals surface area contributed by atoms with E-state index < -0.39 is 0 Å². The van der Waals surface area contributed by atoms with Crippen molar-refractivity contribution in [3.8, 4) is 0 Å². The monoisotopic (exact) mass is 464 g/mol. The highest BCUT2D eigenvalue weighted by atomic mass is 32.2. The first-order valence-electron chi connectivity index (χ1n) is 11.1. The molecule has 4 heterocycles. The van der Waals surface area contributed by atoms with E-state index in [0.29, 0.717) is 31.6 Å². The Hall–Kier alpha value is -1.58. The van der Waals surface area contributed by atoms with Gasteiger partial charge in [-0.05, 0) is 25.8 Å². The van der Waals surface area contributed by atoms with Crippen molar-refractivity contribution in [1.29, 1.82) is 0 Å². The van der Waals surface area contributed by atoms with E-state index in [2.05, 4.69) is 32.6 Å². The average Bonchev–Trinajstić information content (AvgIpc) is 3.10. The number of amides is 1. The Bertz CT molecular complexity index is 956. The predicted octanol–water partition coefficient (Wildman–Crippen LogP) is 4.71. The number of carbonyl (C=O) groups is 1. The number of piperazine rings is 1. The largest absolute Gasteiger partial charge is 0.450 e. The van der Waals surface area contributed by atoms with Gasteiger partial charge in [-0.25, -0.2) is 14.8 Å². The van der Waals surface area contributed by atoms with Gasteiger partial charge in [-0.1, -0.05) is 32.5 Å². The molecular formula is C22H32N4O3S2. The lowest BCUT2D eigenvalue weighted by atomic mass is 9.90. The van der Waals surface area contributed by atoms with Gasteiger partial charge >= 0.3 is 6.09 Å². The van der Waals surface area contributed by atoms with Crippen molar-refractivity contribution in [2.75, 3.05) is 37.7 Å².